The second-order valence-corrected chi connectivity index (χ2v) is 4.75. The molecule has 0 spiro atoms. The number of nitrogens with zero attached hydrogens (tertiary/aromatic N) is 1. The summed E-state index contributed by atoms with van der Waals surface area (Å²) in [6.07, 6.45) is 0.533. The van der Waals surface area contributed by atoms with Gasteiger partial charge in [-0.05, 0) is 43.3 Å². The third-order valence-corrected chi connectivity index (χ3v) is 3.07. The SMILES string of the molecule is COc1cccc(C=Nc2ccc(O)cc2)c1O[C@H](C)C(=O)O. The number of hydrogen-bond acceptors (Lipinski definition) is 5. The van der Waals surface area contributed by atoms with E-state index in [2.05, 4.69) is 4.99 Å². The molecule has 0 fully saturated rings. The third kappa shape index (κ3) is 4.23. The molecule has 6 nitrogen and oxygen atoms in total. The fraction of sp³-hybridized carbons (Fsp3) is 0.176. The van der Waals surface area contributed by atoms with Gasteiger partial charge >= 0.3 is 5.97 Å². The average molecular weight is 315 g/mol. The Morgan fingerprint density at radius 1 is 1.22 bits per heavy atom. The van der Waals surface area contributed by atoms with Gasteiger partial charge in [0.15, 0.2) is 17.6 Å². The van der Waals surface area contributed by atoms with Crippen molar-refractivity contribution in [2.75, 3.05) is 7.11 Å². The normalized spacial score (nSPS) is 12.1. The Balaban J connectivity index is 2.33. The van der Waals surface area contributed by atoms with Crippen LogP contribution in [0.3, 0.4) is 0 Å². The highest BCUT2D eigenvalue weighted by Gasteiger charge is 2.17. The van der Waals surface area contributed by atoms with Crippen LogP contribution in [0.25, 0.3) is 0 Å². The van der Waals surface area contributed by atoms with E-state index in [1.807, 2.05) is 0 Å². The van der Waals surface area contributed by atoms with E-state index < -0.39 is 12.1 Å². The first kappa shape index (κ1) is 16.4. The lowest BCUT2D eigenvalue weighted by Gasteiger charge is -2.15. The molecule has 2 aromatic carbocycles. The van der Waals surface area contributed by atoms with E-state index in [0.29, 0.717) is 22.7 Å². The number of carbonyl (C=O) groups is 1. The molecule has 0 saturated heterocycles. The number of para-hydroxylation sites is 1. The van der Waals surface area contributed by atoms with Crippen molar-refractivity contribution < 1.29 is 24.5 Å². The van der Waals surface area contributed by atoms with Gasteiger partial charge in [-0.15, -0.1) is 0 Å². The fourth-order valence-corrected chi connectivity index (χ4v) is 1.83. The molecule has 0 bridgehead atoms. The van der Waals surface area contributed by atoms with E-state index in [9.17, 15) is 9.90 Å². The van der Waals surface area contributed by atoms with Crippen LogP contribution in [0.2, 0.25) is 0 Å². The number of carboxylic acid groups (broad SMARTS) is 1. The standard InChI is InChI=1S/C17H17NO5/c1-11(17(20)21)23-16-12(4-3-5-15(16)22-2)10-18-13-6-8-14(19)9-7-13/h3-11,19H,1-2H3,(H,20,21)/t11-/m1/s1. The first-order valence-corrected chi connectivity index (χ1v) is 6.91. The molecule has 6 heteroatoms. The highest BCUT2D eigenvalue weighted by Crippen LogP contribution is 2.31. The van der Waals surface area contributed by atoms with Crippen molar-refractivity contribution in [2.24, 2.45) is 4.99 Å². The molecule has 0 aromatic heterocycles. The largest absolute Gasteiger partial charge is 0.508 e. The predicted molar refractivity (Wildman–Crippen MR) is 86.1 cm³/mol. The summed E-state index contributed by atoms with van der Waals surface area (Å²) in [4.78, 5) is 15.3. The predicted octanol–water partition coefficient (Wildman–Crippen LogP) is 3.00. The van der Waals surface area contributed by atoms with E-state index in [4.69, 9.17) is 14.6 Å². The summed E-state index contributed by atoms with van der Waals surface area (Å²) in [7, 11) is 1.48. The zero-order valence-electron chi connectivity index (χ0n) is 12.8. The van der Waals surface area contributed by atoms with Crippen LogP contribution in [-0.2, 0) is 4.79 Å². The van der Waals surface area contributed by atoms with E-state index in [0.717, 1.165) is 0 Å². The maximum Gasteiger partial charge on any atom is 0.344 e. The number of benzene rings is 2. The topological polar surface area (TPSA) is 88.4 Å². The zero-order chi connectivity index (χ0) is 16.8. The molecule has 0 amide bonds. The van der Waals surface area contributed by atoms with Crippen LogP contribution >= 0.6 is 0 Å². The number of carboxylic acids is 1. The lowest BCUT2D eigenvalue weighted by atomic mass is 10.2. The Morgan fingerprint density at radius 3 is 2.52 bits per heavy atom. The van der Waals surface area contributed by atoms with Crippen molar-refractivity contribution >= 4 is 17.9 Å². The molecule has 23 heavy (non-hydrogen) atoms. The summed E-state index contributed by atoms with van der Waals surface area (Å²) in [6.45, 7) is 1.44. The van der Waals surface area contributed by atoms with Gasteiger partial charge in [0, 0.05) is 11.8 Å². The van der Waals surface area contributed by atoms with Crippen molar-refractivity contribution in [2.45, 2.75) is 13.0 Å². The fourth-order valence-electron chi connectivity index (χ4n) is 1.83. The minimum absolute atomic E-state index is 0.157. The number of hydrogen-bond donors (Lipinski definition) is 2. The van der Waals surface area contributed by atoms with Gasteiger partial charge in [0.1, 0.15) is 5.75 Å². The summed E-state index contributed by atoms with van der Waals surface area (Å²) in [5.41, 5.74) is 1.23. The molecule has 2 aromatic rings. The van der Waals surface area contributed by atoms with Gasteiger partial charge in [-0.1, -0.05) is 6.07 Å². The Labute approximate surface area is 133 Å². The van der Waals surface area contributed by atoms with E-state index >= 15 is 0 Å². The second-order valence-electron chi connectivity index (χ2n) is 4.75. The van der Waals surface area contributed by atoms with Gasteiger partial charge in [-0.3, -0.25) is 4.99 Å². The molecule has 2 rings (SSSR count). The van der Waals surface area contributed by atoms with Crippen molar-refractivity contribution in [1.29, 1.82) is 0 Å². The van der Waals surface area contributed by atoms with Crippen molar-refractivity contribution in [3.8, 4) is 17.2 Å². The van der Waals surface area contributed by atoms with Crippen LogP contribution in [-0.4, -0.2) is 35.6 Å². The van der Waals surface area contributed by atoms with Crippen molar-refractivity contribution in [3.05, 3.63) is 48.0 Å². The molecule has 0 aliphatic carbocycles. The summed E-state index contributed by atoms with van der Waals surface area (Å²) < 4.78 is 10.7. The van der Waals surface area contributed by atoms with E-state index in [1.165, 1.54) is 26.2 Å². The summed E-state index contributed by atoms with van der Waals surface area (Å²) in [5.74, 6) is -0.179. The third-order valence-electron chi connectivity index (χ3n) is 3.07. The average Bonchev–Trinajstić information content (AvgIpc) is 2.55. The molecule has 120 valence electrons. The van der Waals surface area contributed by atoms with Crippen LogP contribution in [0.5, 0.6) is 17.2 Å². The molecular weight excluding hydrogens is 298 g/mol. The van der Waals surface area contributed by atoms with Gasteiger partial charge in [-0.25, -0.2) is 4.79 Å². The molecule has 0 saturated carbocycles. The Morgan fingerprint density at radius 2 is 1.91 bits per heavy atom. The molecular formula is C17H17NO5. The van der Waals surface area contributed by atoms with Crippen LogP contribution in [0.15, 0.2) is 47.5 Å². The highest BCUT2D eigenvalue weighted by atomic mass is 16.5. The number of methoxy groups -OCH3 is 1. The molecule has 0 radical (unpaired) electrons. The first-order chi connectivity index (χ1) is 11.0. The number of aromatic hydroxyl groups is 1. The maximum atomic E-state index is 11.0. The van der Waals surface area contributed by atoms with Crippen molar-refractivity contribution in [1.82, 2.24) is 0 Å². The van der Waals surface area contributed by atoms with Crippen LogP contribution in [0, 0.1) is 0 Å². The van der Waals surface area contributed by atoms with Gasteiger partial charge in [-0.2, -0.15) is 0 Å². The number of ether oxygens (including phenoxy) is 2. The molecule has 2 N–H and O–H groups in total. The van der Waals surface area contributed by atoms with Gasteiger partial charge in [0.05, 0.1) is 12.8 Å². The van der Waals surface area contributed by atoms with Gasteiger partial charge < -0.3 is 19.7 Å². The van der Waals surface area contributed by atoms with Crippen molar-refractivity contribution in [3.63, 3.8) is 0 Å². The Bertz CT molecular complexity index is 709. The minimum Gasteiger partial charge on any atom is -0.508 e. The summed E-state index contributed by atoms with van der Waals surface area (Å²) in [6, 6.07) is 11.6. The highest BCUT2D eigenvalue weighted by molar-refractivity contribution is 5.87. The lowest BCUT2D eigenvalue weighted by Crippen LogP contribution is -2.23. The molecule has 0 aliphatic rings. The number of phenols is 1. The lowest BCUT2D eigenvalue weighted by molar-refractivity contribution is -0.144. The molecule has 0 unspecified atom stereocenters. The molecule has 0 aliphatic heterocycles. The summed E-state index contributed by atoms with van der Waals surface area (Å²) in [5, 5.41) is 18.3. The Kier molecular flexibility index (Phi) is 5.19. The van der Waals surface area contributed by atoms with Crippen LogP contribution in [0.4, 0.5) is 5.69 Å². The van der Waals surface area contributed by atoms with Gasteiger partial charge in [0.2, 0.25) is 0 Å². The maximum absolute atomic E-state index is 11.0. The quantitative estimate of drug-likeness (QED) is 0.800. The monoisotopic (exact) mass is 315 g/mol. The minimum atomic E-state index is -1.07. The molecule has 0 heterocycles. The van der Waals surface area contributed by atoms with Crippen LogP contribution in [0.1, 0.15) is 12.5 Å². The number of aliphatic carboxylic acids is 1. The smallest absolute Gasteiger partial charge is 0.344 e. The first-order valence-electron chi connectivity index (χ1n) is 6.91. The number of rotatable bonds is 6. The number of aliphatic imine (C=N–C) groups is 1. The second kappa shape index (κ2) is 7.31. The number of phenolic OH excluding ortho intramolecular Hbond substituents is 1. The Hall–Kier alpha value is -3.02. The van der Waals surface area contributed by atoms with E-state index in [1.54, 1.807) is 36.5 Å². The zero-order valence-corrected chi connectivity index (χ0v) is 12.8. The summed E-state index contributed by atoms with van der Waals surface area (Å²) >= 11 is 0. The molecule has 1 atom stereocenters. The van der Waals surface area contributed by atoms with E-state index in [-0.39, 0.29) is 5.75 Å². The van der Waals surface area contributed by atoms with Gasteiger partial charge in [0.25, 0.3) is 0 Å². The van der Waals surface area contributed by atoms with Crippen LogP contribution < -0.4 is 9.47 Å².